The number of aryl methyl sites for hydroxylation is 3. The standard InChI is InChI=1S/C33H36N4O4/c1-3-4-11-30-35-31-24(2)12-17-29(40-21-8-7-19-36-20-18-34-23-36)32(31)37(30)22-25-13-15-26(16-14-25)27-9-5-6-10-28(27)41-33(38)39/h5-6,9-10,12-18,20,23H,3-4,7-8,11,19,21-22H2,1-2H3,(H,38,39). The molecule has 0 aliphatic heterocycles. The number of fused-ring (bicyclic) bond motifs is 1. The van der Waals surface area contributed by atoms with Gasteiger partial charge in [0.2, 0.25) is 0 Å². The number of rotatable bonds is 13. The summed E-state index contributed by atoms with van der Waals surface area (Å²) in [5.74, 6) is 2.24. The smallest absolute Gasteiger partial charge is 0.491 e. The highest BCUT2D eigenvalue weighted by molar-refractivity contribution is 5.86. The highest BCUT2D eigenvalue weighted by Gasteiger charge is 2.18. The normalized spacial score (nSPS) is 11.2. The van der Waals surface area contributed by atoms with Crippen LogP contribution >= 0.6 is 0 Å². The van der Waals surface area contributed by atoms with Gasteiger partial charge in [-0.15, -0.1) is 0 Å². The quantitative estimate of drug-likeness (QED) is 0.0923. The van der Waals surface area contributed by atoms with E-state index in [9.17, 15) is 4.79 Å². The summed E-state index contributed by atoms with van der Waals surface area (Å²) < 4.78 is 15.7. The van der Waals surface area contributed by atoms with Gasteiger partial charge in [0.05, 0.1) is 18.5 Å². The van der Waals surface area contributed by atoms with Crippen LogP contribution in [0.5, 0.6) is 11.5 Å². The zero-order chi connectivity index (χ0) is 28.6. The fraction of sp³-hybridized carbons (Fsp3) is 0.303. The molecule has 2 heterocycles. The molecule has 8 heteroatoms. The largest absolute Gasteiger partial charge is 0.511 e. The zero-order valence-electron chi connectivity index (χ0n) is 23.6. The molecule has 1 N–H and O–H groups in total. The SMILES string of the molecule is CCCCc1nc2c(C)ccc(OCCCCn3ccnc3)c2n1Cc1ccc(-c2ccccc2OC(=O)O)cc1. The van der Waals surface area contributed by atoms with E-state index in [1.165, 1.54) is 0 Å². The number of imidazole rings is 2. The molecular weight excluding hydrogens is 516 g/mol. The van der Waals surface area contributed by atoms with Crippen LogP contribution in [0.15, 0.2) is 79.4 Å². The van der Waals surface area contributed by atoms with E-state index in [0.717, 1.165) is 83.5 Å². The van der Waals surface area contributed by atoms with Crippen molar-refractivity contribution < 1.29 is 19.4 Å². The minimum absolute atomic E-state index is 0.317. The average molecular weight is 553 g/mol. The molecule has 0 atom stereocenters. The van der Waals surface area contributed by atoms with Crippen molar-refractivity contribution in [2.45, 2.75) is 59.0 Å². The molecule has 0 unspecified atom stereocenters. The first kappa shape index (κ1) is 28.0. The van der Waals surface area contributed by atoms with Gasteiger partial charge in [0, 0.05) is 37.5 Å². The molecule has 0 aliphatic carbocycles. The van der Waals surface area contributed by atoms with Crippen molar-refractivity contribution in [1.29, 1.82) is 0 Å². The third kappa shape index (κ3) is 6.77. The summed E-state index contributed by atoms with van der Waals surface area (Å²) in [6.45, 7) is 6.51. The molecule has 0 saturated heterocycles. The number of hydrogen-bond acceptors (Lipinski definition) is 5. The molecule has 0 bridgehead atoms. The first-order valence-corrected chi connectivity index (χ1v) is 14.2. The van der Waals surface area contributed by atoms with E-state index in [1.807, 2.05) is 36.8 Å². The average Bonchev–Trinajstić information content (AvgIpc) is 3.62. The summed E-state index contributed by atoms with van der Waals surface area (Å²) in [6.07, 6.45) is 9.31. The molecule has 0 fully saturated rings. The Morgan fingerprint density at radius 3 is 2.56 bits per heavy atom. The van der Waals surface area contributed by atoms with Crippen LogP contribution in [0.3, 0.4) is 0 Å². The molecule has 0 spiro atoms. The lowest BCUT2D eigenvalue weighted by Crippen LogP contribution is -2.07. The van der Waals surface area contributed by atoms with Crippen molar-refractivity contribution in [1.82, 2.24) is 19.1 Å². The number of nitrogens with zero attached hydrogens (tertiary/aromatic N) is 4. The Hall–Kier alpha value is -4.59. The molecule has 41 heavy (non-hydrogen) atoms. The Morgan fingerprint density at radius 1 is 0.976 bits per heavy atom. The third-order valence-electron chi connectivity index (χ3n) is 7.21. The van der Waals surface area contributed by atoms with E-state index in [2.05, 4.69) is 52.2 Å². The molecule has 0 amide bonds. The van der Waals surface area contributed by atoms with E-state index in [-0.39, 0.29) is 0 Å². The fourth-order valence-corrected chi connectivity index (χ4v) is 5.05. The summed E-state index contributed by atoms with van der Waals surface area (Å²) in [6, 6.07) is 19.5. The van der Waals surface area contributed by atoms with Crippen molar-refractivity contribution in [3.8, 4) is 22.6 Å². The molecule has 8 nitrogen and oxygen atoms in total. The van der Waals surface area contributed by atoms with Gasteiger partial charge < -0.3 is 23.7 Å². The van der Waals surface area contributed by atoms with Crippen molar-refractivity contribution in [3.63, 3.8) is 0 Å². The Bertz CT molecular complexity index is 1590. The van der Waals surface area contributed by atoms with Crippen molar-refractivity contribution in [3.05, 3.63) is 96.3 Å². The van der Waals surface area contributed by atoms with E-state index in [0.29, 0.717) is 18.9 Å². The fourth-order valence-electron chi connectivity index (χ4n) is 5.05. The van der Waals surface area contributed by atoms with Gasteiger partial charge in [-0.05, 0) is 55.0 Å². The lowest BCUT2D eigenvalue weighted by Gasteiger charge is -2.14. The number of unbranched alkanes of at least 4 members (excludes halogenated alkanes) is 2. The molecule has 5 rings (SSSR count). The third-order valence-corrected chi connectivity index (χ3v) is 7.21. The maximum atomic E-state index is 11.2. The Balaban J connectivity index is 1.40. The maximum Gasteiger partial charge on any atom is 0.511 e. The van der Waals surface area contributed by atoms with Crippen LogP contribution in [0.25, 0.3) is 22.2 Å². The Morgan fingerprint density at radius 2 is 1.80 bits per heavy atom. The molecule has 5 aromatic rings. The second-order valence-corrected chi connectivity index (χ2v) is 10.2. The topological polar surface area (TPSA) is 91.4 Å². The summed E-state index contributed by atoms with van der Waals surface area (Å²) >= 11 is 0. The highest BCUT2D eigenvalue weighted by atomic mass is 16.7. The molecule has 2 aromatic heterocycles. The van der Waals surface area contributed by atoms with Gasteiger partial charge in [0.15, 0.2) is 0 Å². The summed E-state index contributed by atoms with van der Waals surface area (Å²) in [7, 11) is 0. The lowest BCUT2D eigenvalue weighted by atomic mass is 10.0. The van der Waals surface area contributed by atoms with Gasteiger partial charge in [-0.2, -0.15) is 0 Å². The molecule has 0 aliphatic rings. The van der Waals surface area contributed by atoms with E-state index in [1.54, 1.807) is 18.3 Å². The van der Waals surface area contributed by atoms with Gasteiger partial charge >= 0.3 is 6.16 Å². The van der Waals surface area contributed by atoms with Gasteiger partial charge in [0.1, 0.15) is 22.8 Å². The second-order valence-electron chi connectivity index (χ2n) is 10.2. The van der Waals surface area contributed by atoms with Crippen molar-refractivity contribution in [2.24, 2.45) is 0 Å². The van der Waals surface area contributed by atoms with Crippen LogP contribution in [0.4, 0.5) is 4.79 Å². The van der Waals surface area contributed by atoms with E-state index < -0.39 is 6.16 Å². The van der Waals surface area contributed by atoms with Crippen molar-refractivity contribution in [2.75, 3.05) is 6.61 Å². The molecular formula is C33H36N4O4. The summed E-state index contributed by atoms with van der Waals surface area (Å²) in [5.41, 5.74) is 5.91. The van der Waals surface area contributed by atoms with Crippen LogP contribution in [0, 0.1) is 6.92 Å². The van der Waals surface area contributed by atoms with Gasteiger partial charge in [-0.1, -0.05) is 61.9 Å². The van der Waals surface area contributed by atoms with Crippen LogP contribution in [0.2, 0.25) is 0 Å². The van der Waals surface area contributed by atoms with Gasteiger partial charge in [0.25, 0.3) is 0 Å². The maximum absolute atomic E-state index is 11.2. The molecule has 3 aromatic carbocycles. The van der Waals surface area contributed by atoms with Gasteiger partial charge in [-0.25, -0.2) is 14.8 Å². The first-order valence-electron chi connectivity index (χ1n) is 14.2. The summed E-state index contributed by atoms with van der Waals surface area (Å²) in [4.78, 5) is 20.3. The zero-order valence-corrected chi connectivity index (χ0v) is 23.6. The second kappa shape index (κ2) is 13.2. The summed E-state index contributed by atoms with van der Waals surface area (Å²) in [5, 5.41) is 9.12. The molecule has 212 valence electrons. The number of ether oxygens (including phenoxy) is 2. The van der Waals surface area contributed by atoms with E-state index in [4.69, 9.17) is 19.6 Å². The predicted octanol–water partition coefficient (Wildman–Crippen LogP) is 7.52. The number of aromatic nitrogens is 4. The first-order chi connectivity index (χ1) is 20.0. The number of para-hydroxylation sites is 1. The Labute approximate surface area is 240 Å². The minimum Gasteiger partial charge on any atom is -0.491 e. The predicted molar refractivity (Wildman–Crippen MR) is 160 cm³/mol. The number of carboxylic acid groups (broad SMARTS) is 1. The highest BCUT2D eigenvalue weighted by Crippen LogP contribution is 2.33. The van der Waals surface area contributed by atoms with Gasteiger partial charge in [-0.3, -0.25) is 0 Å². The lowest BCUT2D eigenvalue weighted by molar-refractivity contribution is 0.144. The minimum atomic E-state index is -1.33. The molecule has 0 saturated carbocycles. The molecule has 0 radical (unpaired) electrons. The van der Waals surface area contributed by atoms with Crippen LogP contribution < -0.4 is 9.47 Å². The number of carbonyl (C=O) groups is 1. The Kier molecular flexibility index (Phi) is 8.98. The monoisotopic (exact) mass is 552 g/mol. The number of benzene rings is 3. The number of hydrogen-bond donors (Lipinski definition) is 1. The van der Waals surface area contributed by atoms with Crippen LogP contribution in [-0.4, -0.2) is 37.0 Å². The van der Waals surface area contributed by atoms with Crippen LogP contribution in [0.1, 0.15) is 49.6 Å². The van der Waals surface area contributed by atoms with Crippen LogP contribution in [-0.2, 0) is 19.5 Å². The van der Waals surface area contributed by atoms with Crippen molar-refractivity contribution >= 4 is 17.2 Å². The van der Waals surface area contributed by atoms with E-state index >= 15 is 0 Å².